The van der Waals surface area contributed by atoms with Gasteiger partial charge in [-0.15, -0.1) is 0 Å². The highest BCUT2D eigenvalue weighted by molar-refractivity contribution is 5.86. The number of likely N-dealkylation sites (N-methyl/N-ethyl adjacent to an activating group) is 1. The number of nitrogens with zero attached hydrogens (tertiary/aromatic N) is 1. The molecule has 0 aliphatic heterocycles. The van der Waals surface area contributed by atoms with Crippen molar-refractivity contribution >= 4 is 11.9 Å². The van der Waals surface area contributed by atoms with E-state index in [-0.39, 0.29) is 11.8 Å². The fraction of sp³-hybridized carbons (Fsp3) is 0.857. The molecule has 0 rings (SSSR count). The molecule has 0 radical (unpaired) electrons. The van der Waals surface area contributed by atoms with E-state index >= 15 is 0 Å². The predicted molar refractivity (Wildman–Crippen MR) is 79.1 cm³/mol. The molecular weight excluding hydrogens is 258 g/mol. The number of nitrogens with two attached hydrogens (primary N) is 2. The molecule has 0 aromatic carbocycles. The zero-order valence-electron chi connectivity index (χ0n) is 12.8. The lowest BCUT2D eigenvalue weighted by Gasteiger charge is -2.31. The standard InChI is InChI=1S/C14H29N3O3/c1-4-17(12(14(19)20)9-10(2)3)13(18)11(16)7-5-6-8-15/h10-12H,4-9,15-16H2,1-3H3,(H,19,20)/t11-,12-/m0/s1. The van der Waals surface area contributed by atoms with Crippen LogP contribution in [0, 0.1) is 5.92 Å². The van der Waals surface area contributed by atoms with Crippen LogP contribution in [0.1, 0.15) is 46.5 Å². The first-order valence-corrected chi connectivity index (χ1v) is 7.34. The predicted octanol–water partition coefficient (Wildman–Crippen LogP) is 0.791. The molecule has 0 heterocycles. The monoisotopic (exact) mass is 287 g/mol. The van der Waals surface area contributed by atoms with Gasteiger partial charge in [0.25, 0.3) is 0 Å². The van der Waals surface area contributed by atoms with Crippen LogP contribution < -0.4 is 11.5 Å². The molecule has 0 aromatic rings. The number of amides is 1. The Balaban J connectivity index is 4.75. The third kappa shape index (κ3) is 6.34. The fourth-order valence-electron chi connectivity index (χ4n) is 2.18. The van der Waals surface area contributed by atoms with Crippen molar-refractivity contribution in [1.29, 1.82) is 0 Å². The Morgan fingerprint density at radius 2 is 1.85 bits per heavy atom. The van der Waals surface area contributed by atoms with Crippen LogP contribution in [-0.2, 0) is 9.59 Å². The summed E-state index contributed by atoms with van der Waals surface area (Å²) in [5, 5.41) is 9.32. The van der Waals surface area contributed by atoms with Crippen LogP contribution >= 0.6 is 0 Å². The van der Waals surface area contributed by atoms with Crippen molar-refractivity contribution in [2.75, 3.05) is 13.1 Å². The number of carboxylic acid groups (broad SMARTS) is 1. The third-order valence-electron chi connectivity index (χ3n) is 3.27. The van der Waals surface area contributed by atoms with Gasteiger partial charge in [0.2, 0.25) is 5.91 Å². The summed E-state index contributed by atoms with van der Waals surface area (Å²) in [6.07, 6.45) is 2.58. The van der Waals surface area contributed by atoms with Gasteiger partial charge in [-0.1, -0.05) is 20.3 Å². The smallest absolute Gasteiger partial charge is 0.326 e. The molecule has 0 aromatic heterocycles. The summed E-state index contributed by atoms with van der Waals surface area (Å²) in [5.74, 6) is -1.05. The Labute approximate surface area is 121 Å². The van der Waals surface area contributed by atoms with Gasteiger partial charge >= 0.3 is 5.97 Å². The van der Waals surface area contributed by atoms with Crippen molar-refractivity contribution in [3.05, 3.63) is 0 Å². The number of hydrogen-bond donors (Lipinski definition) is 3. The van der Waals surface area contributed by atoms with Crippen LogP contribution in [0.25, 0.3) is 0 Å². The summed E-state index contributed by atoms with van der Waals surface area (Å²) in [5.41, 5.74) is 11.3. The van der Waals surface area contributed by atoms with Gasteiger partial charge in [0.1, 0.15) is 6.04 Å². The van der Waals surface area contributed by atoms with E-state index < -0.39 is 18.1 Å². The normalized spacial score (nSPS) is 14.1. The van der Waals surface area contributed by atoms with E-state index in [1.54, 1.807) is 6.92 Å². The van der Waals surface area contributed by atoms with Crippen LogP contribution in [0.5, 0.6) is 0 Å². The van der Waals surface area contributed by atoms with Gasteiger partial charge in [-0.05, 0) is 38.6 Å². The Morgan fingerprint density at radius 3 is 2.25 bits per heavy atom. The number of unbranched alkanes of at least 4 members (excludes halogenated alkanes) is 1. The van der Waals surface area contributed by atoms with Crippen molar-refractivity contribution in [2.45, 2.75) is 58.5 Å². The van der Waals surface area contributed by atoms with Crippen LogP contribution in [0.2, 0.25) is 0 Å². The molecule has 5 N–H and O–H groups in total. The topological polar surface area (TPSA) is 110 Å². The van der Waals surface area contributed by atoms with Crippen molar-refractivity contribution in [3.63, 3.8) is 0 Å². The third-order valence-corrected chi connectivity index (χ3v) is 3.27. The van der Waals surface area contributed by atoms with E-state index in [2.05, 4.69) is 0 Å². The summed E-state index contributed by atoms with van der Waals surface area (Å²) in [7, 11) is 0. The molecule has 0 spiro atoms. The molecule has 0 aliphatic carbocycles. The lowest BCUT2D eigenvalue weighted by atomic mass is 10.0. The Bertz CT molecular complexity index is 308. The lowest BCUT2D eigenvalue weighted by Crippen LogP contribution is -2.51. The minimum atomic E-state index is -0.969. The van der Waals surface area contributed by atoms with Crippen molar-refractivity contribution in [2.24, 2.45) is 17.4 Å². The Kier molecular flexibility index (Phi) is 9.16. The molecule has 118 valence electrons. The van der Waals surface area contributed by atoms with E-state index in [1.165, 1.54) is 4.90 Å². The molecule has 20 heavy (non-hydrogen) atoms. The van der Waals surface area contributed by atoms with E-state index in [0.29, 0.717) is 25.9 Å². The van der Waals surface area contributed by atoms with E-state index in [0.717, 1.165) is 12.8 Å². The number of aliphatic carboxylic acids is 1. The maximum absolute atomic E-state index is 12.3. The molecule has 6 nitrogen and oxygen atoms in total. The first-order valence-electron chi connectivity index (χ1n) is 7.34. The van der Waals surface area contributed by atoms with Crippen LogP contribution in [0.15, 0.2) is 0 Å². The van der Waals surface area contributed by atoms with Gasteiger partial charge in [0.05, 0.1) is 6.04 Å². The van der Waals surface area contributed by atoms with Crippen molar-refractivity contribution in [3.8, 4) is 0 Å². The van der Waals surface area contributed by atoms with Crippen molar-refractivity contribution < 1.29 is 14.7 Å². The average molecular weight is 287 g/mol. The maximum Gasteiger partial charge on any atom is 0.326 e. The molecule has 0 saturated heterocycles. The first kappa shape index (κ1) is 18.9. The summed E-state index contributed by atoms with van der Waals surface area (Å²) in [6.45, 7) is 6.59. The van der Waals surface area contributed by atoms with Crippen LogP contribution in [-0.4, -0.2) is 47.1 Å². The van der Waals surface area contributed by atoms with Gasteiger partial charge in [-0.2, -0.15) is 0 Å². The molecule has 2 atom stereocenters. The van der Waals surface area contributed by atoms with Gasteiger partial charge in [-0.25, -0.2) is 4.79 Å². The Hall–Kier alpha value is -1.14. The minimum absolute atomic E-state index is 0.200. The van der Waals surface area contributed by atoms with Gasteiger partial charge in [-0.3, -0.25) is 4.79 Å². The second-order valence-electron chi connectivity index (χ2n) is 5.50. The van der Waals surface area contributed by atoms with Crippen LogP contribution in [0.4, 0.5) is 0 Å². The number of rotatable bonds is 10. The fourth-order valence-corrected chi connectivity index (χ4v) is 2.18. The molecular formula is C14H29N3O3. The summed E-state index contributed by atoms with van der Waals surface area (Å²) >= 11 is 0. The Morgan fingerprint density at radius 1 is 1.25 bits per heavy atom. The van der Waals surface area contributed by atoms with E-state index in [9.17, 15) is 14.7 Å². The summed E-state index contributed by atoms with van der Waals surface area (Å²) < 4.78 is 0. The molecule has 0 bridgehead atoms. The number of carboxylic acids is 1. The van der Waals surface area contributed by atoms with Gasteiger partial charge in [0.15, 0.2) is 0 Å². The zero-order valence-corrected chi connectivity index (χ0v) is 12.8. The lowest BCUT2D eigenvalue weighted by molar-refractivity contribution is -0.151. The first-order chi connectivity index (χ1) is 9.34. The molecule has 0 fully saturated rings. The molecule has 0 saturated carbocycles. The minimum Gasteiger partial charge on any atom is -0.480 e. The van der Waals surface area contributed by atoms with E-state index in [4.69, 9.17) is 11.5 Å². The van der Waals surface area contributed by atoms with Crippen molar-refractivity contribution in [1.82, 2.24) is 4.90 Å². The quantitative estimate of drug-likeness (QED) is 0.515. The summed E-state index contributed by atoms with van der Waals surface area (Å²) in [4.78, 5) is 25.1. The average Bonchev–Trinajstić information content (AvgIpc) is 2.37. The summed E-state index contributed by atoms with van der Waals surface area (Å²) in [6, 6.07) is -1.44. The number of carbonyl (C=O) groups is 2. The van der Waals surface area contributed by atoms with E-state index in [1.807, 2.05) is 13.8 Å². The molecule has 0 unspecified atom stereocenters. The molecule has 6 heteroatoms. The number of carbonyl (C=O) groups excluding carboxylic acids is 1. The van der Waals surface area contributed by atoms with Crippen LogP contribution in [0.3, 0.4) is 0 Å². The highest BCUT2D eigenvalue weighted by Gasteiger charge is 2.31. The van der Waals surface area contributed by atoms with Gasteiger partial charge in [0, 0.05) is 6.54 Å². The highest BCUT2D eigenvalue weighted by Crippen LogP contribution is 2.14. The highest BCUT2D eigenvalue weighted by atomic mass is 16.4. The SMILES string of the molecule is CCN(C(=O)[C@@H](N)CCCCN)[C@@H](CC(C)C)C(=O)O. The van der Waals surface area contributed by atoms with Gasteiger partial charge < -0.3 is 21.5 Å². The number of hydrogen-bond acceptors (Lipinski definition) is 4. The second kappa shape index (κ2) is 9.72. The zero-order chi connectivity index (χ0) is 15.7. The maximum atomic E-state index is 12.3. The second-order valence-corrected chi connectivity index (χ2v) is 5.50. The molecule has 1 amide bonds. The molecule has 0 aliphatic rings. The largest absolute Gasteiger partial charge is 0.480 e.